The van der Waals surface area contributed by atoms with Crippen molar-refractivity contribution in [2.45, 2.75) is 12.2 Å². The largest absolute Gasteiger partial charge is 0.480 e. The molecule has 10 heteroatoms. The van der Waals surface area contributed by atoms with Gasteiger partial charge < -0.3 is 15.2 Å². The average Bonchev–Trinajstić information content (AvgIpc) is 2.24. The highest BCUT2D eigenvalue weighted by atomic mass is 19.4. The van der Waals surface area contributed by atoms with Crippen LogP contribution in [0, 0.1) is 0 Å². The third kappa shape index (κ3) is 3.79. The molecule has 18 heavy (non-hydrogen) atoms. The van der Waals surface area contributed by atoms with Gasteiger partial charge in [-0.05, 0) is 0 Å². The lowest BCUT2D eigenvalue weighted by Gasteiger charge is -2.31. The summed E-state index contributed by atoms with van der Waals surface area (Å²) in [6, 6.07) is -1.44. The predicted molar refractivity (Wildman–Crippen MR) is 48.5 cm³/mol. The van der Waals surface area contributed by atoms with Crippen molar-refractivity contribution in [2.75, 3.05) is 19.7 Å². The Bertz CT molecular complexity index is 370. The maximum atomic E-state index is 11.8. The maximum Gasteiger partial charge on any atom is 0.422 e. The first kappa shape index (κ1) is 14.1. The Hall–Kier alpha value is -2.00. The fourth-order valence-electron chi connectivity index (χ4n) is 1.28. The molecule has 1 aliphatic rings. The zero-order valence-corrected chi connectivity index (χ0v) is 8.86. The number of piperazine rings is 1. The monoisotopic (exact) mass is 270 g/mol. The number of carboxylic acid groups (broad SMARTS) is 1. The van der Waals surface area contributed by atoms with E-state index in [1.807, 2.05) is 0 Å². The second-order valence-electron chi connectivity index (χ2n) is 3.46. The molecule has 0 radical (unpaired) electrons. The normalized spacial score (nSPS) is 20.3. The number of aliphatic carboxylic acids is 1. The van der Waals surface area contributed by atoms with Crippen molar-refractivity contribution in [1.29, 1.82) is 0 Å². The van der Waals surface area contributed by atoms with E-state index in [4.69, 9.17) is 5.11 Å². The summed E-state index contributed by atoms with van der Waals surface area (Å²) in [4.78, 5) is 33.4. The number of carboxylic acids is 1. The second kappa shape index (κ2) is 5.10. The number of hydrogen-bond acceptors (Lipinski definition) is 4. The molecule has 1 unspecified atom stereocenters. The zero-order valence-electron chi connectivity index (χ0n) is 8.86. The SMILES string of the molecule is O=C1CN(C(=O)OCC(F)(F)F)C(C(=O)O)CN1. The van der Waals surface area contributed by atoms with E-state index in [9.17, 15) is 27.6 Å². The Morgan fingerprint density at radius 1 is 1.50 bits per heavy atom. The van der Waals surface area contributed by atoms with Gasteiger partial charge in [0.15, 0.2) is 12.6 Å². The van der Waals surface area contributed by atoms with Gasteiger partial charge in [-0.1, -0.05) is 0 Å². The lowest BCUT2D eigenvalue weighted by Crippen LogP contribution is -2.59. The smallest absolute Gasteiger partial charge is 0.422 e. The molecule has 0 bridgehead atoms. The molecular formula is C8H9F3N2O5. The van der Waals surface area contributed by atoms with Gasteiger partial charge in [0.2, 0.25) is 5.91 Å². The molecule has 1 fully saturated rings. The van der Waals surface area contributed by atoms with Crippen molar-refractivity contribution in [3.8, 4) is 0 Å². The van der Waals surface area contributed by atoms with Crippen LogP contribution in [0.3, 0.4) is 0 Å². The number of hydrogen-bond donors (Lipinski definition) is 2. The molecule has 0 aliphatic carbocycles. The van der Waals surface area contributed by atoms with Crippen molar-refractivity contribution >= 4 is 18.0 Å². The van der Waals surface area contributed by atoms with Crippen LogP contribution in [0.1, 0.15) is 0 Å². The number of amides is 2. The van der Waals surface area contributed by atoms with Crippen LogP contribution in [0.2, 0.25) is 0 Å². The Morgan fingerprint density at radius 2 is 2.11 bits per heavy atom. The predicted octanol–water partition coefficient (Wildman–Crippen LogP) is -0.430. The minimum atomic E-state index is -4.72. The summed E-state index contributed by atoms with van der Waals surface area (Å²) < 4.78 is 39.4. The topological polar surface area (TPSA) is 95.9 Å². The average molecular weight is 270 g/mol. The fraction of sp³-hybridized carbons (Fsp3) is 0.625. The summed E-state index contributed by atoms with van der Waals surface area (Å²) in [6.07, 6.45) is -6.21. The Kier molecular flexibility index (Phi) is 3.99. The molecule has 102 valence electrons. The molecule has 1 saturated heterocycles. The van der Waals surface area contributed by atoms with E-state index in [-0.39, 0.29) is 6.54 Å². The van der Waals surface area contributed by atoms with E-state index in [0.29, 0.717) is 4.90 Å². The molecule has 1 aliphatic heterocycles. The highest BCUT2D eigenvalue weighted by Crippen LogP contribution is 2.16. The third-order valence-electron chi connectivity index (χ3n) is 2.06. The van der Waals surface area contributed by atoms with Crippen LogP contribution in [-0.4, -0.2) is 59.9 Å². The summed E-state index contributed by atoms with van der Waals surface area (Å²) in [7, 11) is 0. The van der Waals surface area contributed by atoms with Gasteiger partial charge in [-0.2, -0.15) is 13.2 Å². The van der Waals surface area contributed by atoms with Crippen LogP contribution in [0.5, 0.6) is 0 Å². The van der Waals surface area contributed by atoms with Crippen molar-refractivity contribution in [1.82, 2.24) is 10.2 Å². The molecule has 2 amide bonds. The number of alkyl halides is 3. The highest BCUT2D eigenvalue weighted by molar-refractivity contribution is 5.88. The Balaban J connectivity index is 2.67. The van der Waals surface area contributed by atoms with Gasteiger partial charge in [0, 0.05) is 6.54 Å². The minimum absolute atomic E-state index is 0.380. The lowest BCUT2D eigenvalue weighted by atomic mass is 10.2. The van der Waals surface area contributed by atoms with Gasteiger partial charge in [-0.15, -0.1) is 0 Å². The van der Waals surface area contributed by atoms with E-state index in [2.05, 4.69) is 10.1 Å². The highest BCUT2D eigenvalue weighted by Gasteiger charge is 2.38. The van der Waals surface area contributed by atoms with Crippen molar-refractivity contribution in [3.63, 3.8) is 0 Å². The fourth-order valence-corrected chi connectivity index (χ4v) is 1.28. The van der Waals surface area contributed by atoms with Crippen molar-refractivity contribution < 1.29 is 37.4 Å². The van der Waals surface area contributed by atoms with Gasteiger partial charge in [0.05, 0.1) is 0 Å². The van der Waals surface area contributed by atoms with Gasteiger partial charge in [-0.3, -0.25) is 9.69 Å². The number of carbonyl (C=O) groups excluding carboxylic acids is 2. The molecule has 1 atom stereocenters. The quantitative estimate of drug-likeness (QED) is 0.709. The van der Waals surface area contributed by atoms with Gasteiger partial charge in [0.1, 0.15) is 6.54 Å². The van der Waals surface area contributed by atoms with Crippen LogP contribution in [0.15, 0.2) is 0 Å². The van der Waals surface area contributed by atoms with Crippen LogP contribution in [-0.2, 0) is 14.3 Å². The summed E-state index contributed by atoms with van der Waals surface area (Å²) in [5.41, 5.74) is 0. The van der Waals surface area contributed by atoms with E-state index in [1.54, 1.807) is 0 Å². The zero-order chi connectivity index (χ0) is 13.9. The van der Waals surface area contributed by atoms with Crippen molar-refractivity contribution in [2.24, 2.45) is 0 Å². The number of nitrogens with one attached hydrogen (secondary N) is 1. The molecular weight excluding hydrogens is 261 g/mol. The number of halogens is 3. The first-order valence-electron chi connectivity index (χ1n) is 4.70. The molecule has 0 spiro atoms. The molecule has 0 aromatic carbocycles. The van der Waals surface area contributed by atoms with Gasteiger partial charge >= 0.3 is 18.2 Å². The first-order chi connectivity index (χ1) is 8.20. The van der Waals surface area contributed by atoms with E-state index >= 15 is 0 Å². The molecule has 0 saturated carbocycles. The van der Waals surface area contributed by atoms with Crippen LogP contribution in [0.4, 0.5) is 18.0 Å². The van der Waals surface area contributed by atoms with Gasteiger partial charge in [0.25, 0.3) is 0 Å². The van der Waals surface area contributed by atoms with Crippen LogP contribution in [0.25, 0.3) is 0 Å². The van der Waals surface area contributed by atoms with Crippen molar-refractivity contribution in [3.05, 3.63) is 0 Å². The molecule has 0 aromatic rings. The molecule has 0 aromatic heterocycles. The summed E-state index contributed by atoms with van der Waals surface area (Å²) in [5, 5.41) is 10.9. The number of ether oxygens (including phenoxy) is 1. The second-order valence-corrected chi connectivity index (χ2v) is 3.46. The van der Waals surface area contributed by atoms with E-state index in [0.717, 1.165) is 0 Å². The Morgan fingerprint density at radius 3 is 2.61 bits per heavy atom. The Labute approximate surface area is 98.5 Å². The molecule has 2 N–H and O–H groups in total. The molecule has 1 rings (SSSR count). The minimum Gasteiger partial charge on any atom is -0.480 e. The number of rotatable bonds is 2. The summed E-state index contributed by atoms with van der Waals surface area (Å²) in [5.74, 6) is -2.12. The lowest BCUT2D eigenvalue weighted by molar-refractivity contribution is -0.164. The summed E-state index contributed by atoms with van der Waals surface area (Å²) in [6.45, 7) is -2.88. The molecule has 1 heterocycles. The number of nitrogens with zero attached hydrogens (tertiary/aromatic N) is 1. The first-order valence-corrected chi connectivity index (χ1v) is 4.70. The summed E-state index contributed by atoms with van der Waals surface area (Å²) >= 11 is 0. The van der Waals surface area contributed by atoms with Gasteiger partial charge in [-0.25, -0.2) is 9.59 Å². The third-order valence-corrected chi connectivity index (χ3v) is 2.06. The standard InChI is InChI=1S/C8H9F3N2O5/c9-8(10,11)3-18-7(17)13-2-5(14)12-1-4(13)6(15)16/h4H,1-3H2,(H,12,14)(H,15,16). The van der Waals surface area contributed by atoms with Crippen LogP contribution >= 0.6 is 0 Å². The van der Waals surface area contributed by atoms with Crippen LogP contribution < -0.4 is 5.32 Å². The van der Waals surface area contributed by atoms with E-state index < -0.39 is 43.3 Å². The van der Waals surface area contributed by atoms with E-state index in [1.165, 1.54) is 0 Å². The number of carbonyl (C=O) groups is 3. The molecule has 7 nitrogen and oxygen atoms in total. The maximum absolute atomic E-state index is 11.8.